The van der Waals surface area contributed by atoms with Crippen molar-refractivity contribution >= 4 is 17.0 Å². The zero-order chi connectivity index (χ0) is 9.54. The fourth-order valence-corrected chi connectivity index (χ4v) is 2.17. The number of para-hydroxylation sites is 1. The lowest BCUT2D eigenvalue weighted by Gasteiger charge is -2.09. The highest BCUT2D eigenvalue weighted by Gasteiger charge is 2.13. The van der Waals surface area contributed by atoms with Crippen LogP contribution in [0, 0.1) is 0 Å². The molecule has 0 fully saturated rings. The van der Waals surface area contributed by atoms with Crippen LogP contribution in [0.4, 0.5) is 0 Å². The molecule has 2 nitrogen and oxygen atoms in total. The van der Waals surface area contributed by atoms with Crippen LogP contribution in [0.3, 0.4) is 0 Å². The zero-order valence-electron chi connectivity index (χ0n) is 8.12. The Kier molecular flexibility index (Phi) is 1.45. The maximum atomic E-state index is 3.24. The van der Waals surface area contributed by atoms with E-state index in [1.165, 1.54) is 22.2 Å². The van der Waals surface area contributed by atoms with Crippen molar-refractivity contribution in [2.45, 2.75) is 6.54 Å². The van der Waals surface area contributed by atoms with Gasteiger partial charge >= 0.3 is 0 Å². The molecule has 0 atom stereocenters. The molecule has 1 aromatic carbocycles. The minimum absolute atomic E-state index is 0.928. The summed E-state index contributed by atoms with van der Waals surface area (Å²) >= 11 is 0. The average Bonchev–Trinajstić information content (AvgIpc) is 2.55. The van der Waals surface area contributed by atoms with Crippen molar-refractivity contribution in [3.63, 3.8) is 0 Å². The normalized spacial score (nSPS) is 14.1. The summed E-state index contributed by atoms with van der Waals surface area (Å²) in [6, 6.07) is 8.54. The summed E-state index contributed by atoms with van der Waals surface area (Å²) in [5, 5.41) is 4.59. The maximum Gasteiger partial charge on any atom is 0.0554 e. The van der Waals surface area contributed by atoms with E-state index >= 15 is 0 Å². The first-order valence-corrected chi connectivity index (χ1v) is 4.84. The second-order valence-electron chi connectivity index (χ2n) is 3.65. The van der Waals surface area contributed by atoms with E-state index in [2.05, 4.69) is 47.3 Å². The van der Waals surface area contributed by atoms with Gasteiger partial charge in [0.2, 0.25) is 0 Å². The highest BCUT2D eigenvalue weighted by atomic mass is 15.0. The number of hydrogen-bond donors (Lipinski definition) is 1. The van der Waals surface area contributed by atoms with Gasteiger partial charge in [0.25, 0.3) is 0 Å². The summed E-state index contributed by atoms with van der Waals surface area (Å²) in [5.41, 5.74) is 4.04. The van der Waals surface area contributed by atoms with E-state index in [9.17, 15) is 0 Å². The monoisotopic (exact) mass is 184 g/mol. The molecule has 0 aliphatic carbocycles. The van der Waals surface area contributed by atoms with Crippen molar-refractivity contribution in [1.29, 1.82) is 0 Å². The van der Waals surface area contributed by atoms with Gasteiger partial charge in [0.05, 0.1) is 6.54 Å². The molecule has 0 amide bonds. The van der Waals surface area contributed by atoms with Crippen LogP contribution in [-0.2, 0) is 13.6 Å². The highest BCUT2D eigenvalue weighted by molar-refractivity contribution is 5.91. The lowest BCUT2D eigenvalue weighted by Crippen LogP contribution is -2.12. The number of nitrogens with zero attached hydrogens (tertiary/aromatic N) is 1. The molecule has 1 aliphatic heterocycles. The summed E-state index contributed by atoms with van der Waals surface area (Å²) in [4.78, 5) is 0. The fraction of sp³-hybridized carbons (Fsp3) is 0.167. The molecule has 0 bridgehead atoms. The Balaban J connectivity index is 2.48. The fourth-order valence-electron chi connectivity index (χ4n) is 2.17. The van der Waals surface area contributed by atoms with Crippen LogP contribution in [0.25, 0.3) is 17.0 Å². The number of nitrogens with one attached hydrogen (secondary N) is 1. The Bertz CT molecular complexity index is 520. The van der Waals surface area contributed by atoms with Crippen molar-refractivity contribution in [3.8, 4) is 0 Å². The average molecular weight is 184 g/mol. The molecular formula is C12H12N2. The van der Waals surface area contributed by atoms with Gasteiger partial charge in [0.15, 0.2) is 0 Å². The van der Waals surface area contributed by atoms with Crippen LogP contribution < -0.4 is 5.32 Å². The first-order valence-electron chi connectivity index (χ1n) is 4.84. The third-order valence-electron chi connectivity index (χ3n) is 2.91. The Labute approximate surface area is 82.8 Å². The highest BCUT2D eigenvalue weighted by Crippen LogP contribution is 2.27. The molecule has 70 valence electrons. The van der Waals surface area contributed by atoms with E-state index < -0.39 is 0 Å². The number of fused-ring (bicyclic) bond motifs is 3. The minimum Gasteiger partial charge on any atom is -0.385 e. The predicted molar refractivity (Wildman–Crippen MR) is 58.8 cm³/mol. The van der Waals surface area contributed by atoms with Gasteiger partial charge in [-0.3, -0.25) is 0 Å². The van der Waals surface area contributed by atoms with Gasteiger partial charge < -0.3 is 9.88 Å². The first kappa shape index (κ1) is 7.68. The minimum atomic E-state index is 0.928. The SMILES string of the molecule is Cn1c2c(c3ccccc31)C=CNC2. The van der Waals surface area contributed by atoms with Crippen LogP contribution in [0.2, 0.25) is 0 Å². The number of benzene rings is 1. The van der Waals surface area contributed by atoms with Gasteiger partial charge in [-0.25, -0.2) is 0 Å². The molecular weight excluding hydrogens is 172 g/mol. The largest absolute Gasteiger partial charge is 0.385 e. The van der Waals surface area contributed by atoms with Crippen LogP contribution in [0.5, 0.6) is 0 Å². The van der Waals surface area contributed by atoms with Crippen molar-refractivity contribution in [1.82, 2.24) is 9.88 Å². The number of hydrogen-bond acceptors (Lipinski definition) is 1. The topological polar surface area (TPSA) is 17.0 Å². The number of rotatable bonds is 0. The quantitative estimate of drug-likeness (QED) is 0.664. The van der Waals surface area contributed by atoms with Crippen molar-refractivity contribution in [3.05, 3.63) is 41.7 Å². The summed E-state index contributed by atoms with van der Waals surface area (Å²) in [5.74, 6) is 0. The first-order chi connectivity index (χ1) is 6.88. The molecule has 2 aromatic rings. The molecule has 0 unspecified atom stereocenters. The van der Waals surface area contributed by atoms with Crippen LogP contribution in [-0.4, -0.2) is 4.57 Å². The smallest absolute Gasteiger partial charge is 0.0554 e. The van der Waals surface area contributed by atoms with Gasteiger partial charge in [0.1, 0.15) is 0 Å². The van der Waals surface area contributed by atoms with Crippen molar-refractivity contribution in [2.75, 3.05) is 0 Å². The zero-order valence-corrected chi connectivity index (χ0v) is 8.12. The maximum absolute atomic E-state index is 3.24. The van der Waals surface area contributed by atoms with Gasteiger partial charge in [0, 0.05) is 29.2 Å². The van der Waals surface area contributed by atoms with Crippen molar-refractivity contribution < 1.29 is 0 Å². The molecule has 14 heavy (non-hydrogen) atoms. The standard InChI is InChI=1S/C12H12N2/c1-14-11-5-3-2-4-9(11)10-6-7-13-8-12(10)14/h2-7,13H,8H2,1H3. The van der Waals surface area contributed by atoms with E-state index in [0.29, 0.717) is 0 Å². The summed E-state index contributed by atoms with van der Waals surface area (Å²) < 4.78 is 2.27. The Morgan fingerprint density at radius 3 is 3.07 bits per heavy atom. The molecule has 1 N–H and O–H groups in total. The summed E-state index contributed by atoms with van der Waals surface area (Å²) in [6.07, 6.45) is 4.18. The predicted octanol–water partition coefficient (Wildman–Crippen LogP) is 2.25. The molecule has 2 heteroatoms. The van der Waals surface area contributed by atoms with E-state index in [4.69, 9.17) is 0 Å². The molecule has 3 rings (SSSR count). The molecule has 0 saturated carbocycles. The molecule has 1 aromatic heterocycles. The molecule has 0 saturated heterocycles. The molecule has 1 aliphatic rings. The van der Waals surface area contributed by atoms with Crippen LogP contribution in [0.15, 0.2) is 30.5 Å². The number of aryl methyl sites for hydroxylation is 1. The summed E-state index contributed by atoms with van der Waals surface area (Å²) in [6.45, 7) is 0.928. The third kappa shape index (κ3) is 0.854. The van der Waals surface area contributed by atoms with E-state index in [-0.39, 0.29) is 0 Å². The van der Waals surface area contributed by atoms with E-state index in [1.54, 1.807) is 0 Å². The van der Waals surface area contributed by atoms with Gasteiger partial charge in [-0.05, 0) is 18.3 Å². The van der Waals surface area contributed by atoms with Gasteiger partial charge in [-0.1, -0.05) is 18.2 Å². The molecule has 2 heterocycles. The lowest BCUT2D eigenvalue weighted by atomic mass is 10.1. The third-order valence-corrected chi connectivity index (χ3v) is 2.91. The lowest BCUT2D eigenvalue weighted by molar-refractivity contribution is 0.765. The molecule has 0 radical (unpaired) electrons. The molecule has 0 spiro atoms. The van der Waals surface area contributed by atoms with Gasteiger partial charge in [-0.15, -0.1) is 0 Å². The second-order valence-corrected chi connectivity index (χ2v) is 3.65. The Morgan fingerprint density at radius 2 is 2.14 bits per heavy atom. The van der Waals surface area contributed by atoms with Crippen LogP contribution in [0.1, 0.15) is 11.3 Å². The van der Waals surface area contributed by atoms with E-state index in [1.807, 2.05) is 6.20 Å². The summed E-state index contributed by atoms with van der Waals surface area (Å²) in [7, 11) is 2.13. The van der Waals surface area contributed by atoms with E-state index in [0.717, 1.165) is 6.54 Å². The second kappa shape index (κ2) is 2.64. The Hall–Kier alpha value is -1.70. The van der Waals surface area contributed by atoms with Crippen molar-refractivity contribution in [2.24, 2.45) is 7.05 Å². The van der Waals surface area contributed by atoms with Gasteiger partial charge in [-0.2, -0.15) is 0 Å². The Morgan fingerprint density at radius 1 is 1.29 bits per heavy atom. The van der Waals surface area contributed by atoms with Crippen LogP contribution >= 0.6 is 0 Å². The number of aromatic nitrogens is 1.